The van der Waals surface area contributed by atoms with E-state index in [2.05, 4.69) is 27.4 Å². The lowest BCUT2D eigenvalue weighted by Crippen LogP contribution is -2.57. The first-order valence-electron chi connectivity index (χ1n) is 13.0. The minimum Gasteiger partial charge on any atom is -0.469 e. The van der Waals surface area contributed by atoms with E-state index in [0.29, 0.717) is 41.8 Å². The van der Waals surface area contributed by atoms with Gasteiger partial charge in [-0.3, -0.25) is 9.59 Å². The van der Waals surface area contributed by atoms with Crippen LogP contribution in [-0.4, -0.2) is 18.9 Å². The first-order valence-corrected chi connectivity index (χ1v) is 13.0. The maximum atomic E-state index is 13.6. The predicted molar refractivity (Wildman–Crippen MR) is 133 cm³/mol. The first-order chi connectivity index (χ1) is 14.7. The number of hydrogen-bond acceptors (Lipinski definition) is 3. The fraction of sp³-hybridized carbons (Fsp3) is 0.862. The third-order valence-electron chi connectivity index (χ3n) is 10.2. The van der Waals surface area contributed by atoms with Gasteiger partial charge in [-0.25, -0.2) is 0 Å². The highest BCUT2D eigenvalue weighted by Crippen LogP contribution is 2.68. The summed E-state index contributed by atoms with van der Waals surface area (Å²) >= 11 is 0. The van der Waals surface area contributed by atoms with E-state index < -0.39 is 0 Å². The van der Waals surface area contributed by atoms with Crippen LogP contribution in [0.3, 0.4) is 0 Å². The highest BCUT2D eigenvalue weighted by atomic mass is 16.5. The van der Waals surface area contributed by atoms with Crippen LogP contribution in [0, 0.1) is 46.3 Å². The second-order valence-electron chi connectivity index (χ2n) is 11.3. The van der Waals surface area contributed by atoms with Gasteiger partial charge in [-0.05, 0) is 90.9 Å². The number of ketones is 1. The average molecular weight is 447 g/mol. The normalized spacial score (nSPS) is 41.1. The average Bonchev–Trinajstić information content (AvgIpc) is 3.13. The van der Waals surface area contributed by atoms with Crippen molar-refractivity contribution in [2.24, 2.45) is 46.3 Å². The SMILES string of the molecule is C.C=C1C(=O)C2C(CCC3(C)C2CCC3[C@H](C)CCC(=O)OC)C2(C)CCCCC12.CC. The molecule has 0 aliphatic heterocycles. The van der Waals surface area contributed by atoms with Crippen LogP contribution in [0.1, 0.15) is 106 Å². The Balaban J connectivity index is 0.00000118. The van der Waals surface area contributed by atoms with E-state index in [1.54, 1.807) is 0 Å². The number of carbonyl (C=O) groups is 2. The molecule has 4 rings (SSSR count). The van der Waals surface area contributed by atoms with Gasteiger partial charge in [-0.15, -0.1) is 0 Å². The van der Waals surface area contributed by atoms with Gasteiger partial charge in [0, 0.05) is 12.3 Å². The van der Waals surface area contributed by atoms with Crippen LogP contribution in [0.2, 0.25) is 0 Å². The maximum Gasteiger partial charge on any atom is 0.305 e. The van der Waals surface area contributed by atoms with Crippen LogP contribution in [0.5, 0.6) is 0 Å². The fourth-order valence-corrected chi connectivity index (χ4v) is 8.63. The van der Waals surface area contributed by atoms with Crippen LogP contribution in [0.25, 0.3) is 0 Å². The lowest BCUT2D eigenvalue weighted by Gasteiger charge is -2.60. The third-order valence-corrected chi connectivity index (χ3v) is 10.2. The zero-order valence-corrected chi connectivity index (χ0v) is 21.0. The molecule has 4 fully saturated rings. The second-order valence-corrected chi connectivity index (χ2v) is 11.3. The Morgan fingerprint density at radius 2 is 1.72 bits per heavy atom. The summed E-state index contributed by atoms with van der Waals surface area (Å²) in [4.78, 5) is 25.3. The molecule has 4 aliphatic rings. The van der Waals surface area contributed by atoms with E-state index in [0.717, 1.165) is 12.0 Å². The van der Waals surface area contributed by atoms with Crippen molar-refractivity contribution in [1.29, 1.82) is 0 Å². The quantitative estimate of drug-likeness (QED) is 0.329. The van der Waals surface area contributed by atoms with E-state index in [-0.39, 0.29) is 30.1 Å². The molecular formula is C29H50O3. The number of Topliss-reactive ketones (excluding diaryl/α,β-unsaturated/α-hetero) is 1. The zero-order valence-electron chi connectivity index (χ0n) is 21.0. The minimum absolute atomic E-state index is 0. The van der Waals surface area contributed by atoms with Crippen molar-refractivity contribution in [3.63, 3.8) is 0 Å². The molecule has 0 spiro atoms. The molecule has 0 aromatic carbocycles. The van der Waals surface area contributed by atoms with Crippen molar-refractivity contribution in [3.8, 4) is 0 Å². The van der Waals surface area contributed by atoms with E-state index in [1.807, 2.05) is 13.8 Å². The van der Waals surface area contributed by atoms with Gasteiger partial charge in [0.25, 0.3) is 0 Å². The largest absolute Gasteiger partial charge is 0.469 e. The van der Waals surface area contributed by atoms with Crippen molar-refractivity contribution < 1.29 is 14.3 Å². The summed E-state index contributed by atoms with van der Waals surface area (Å²) in [6.45, 7) is 15.6. The third kappa shape index (κ3) is 4.23. The Morgan fingerprint density at radius 3 is 2.38 bits per heavy atom. The molecule has 8 atom stereocenters. The molecular weight excluding hydrogens is 396 g/mol. The highest BCUT2D eigenvalue weighted by Gasteiger charge is 2.63. The number of rotatable bonds is 4. The molecule has 3 nitrogen and oxygen atoms in total. The lowest BCUT2D eigenvalue weighted by molar-refractivity contribution is -0.146. The second kappa shape index (κ2) is 10.4. The summed E-state index contributed by atoms with van der Waals surface area (Å²) in [5.74, 6) is 3.08. The van der Waals surface area contributed by atoms with E-state index in [9.17, 15) is 9.59 Å². The molecule has 0 N–H and O–H groups in total. The van der Waals surface area contributed by atoms with Crippen LogP contribution < -0.4 is 0 Å². The summed E-state index contributed by atoms with van der Waals surface area (Å²) in [6.07, 6.45) is 11.2. The topological polar surface area (TPSA) is 43.4 Å². The molecule has 32 heavy (non-hydrogen) atoms. The number of ether oxygens (including phenoxy) is 1. The molecule has 0 radical (unpaired) electrons. The fourth-order valence-electron chi connectivity index (χ4n) is 8.63. The monoisotopic (exact) mass is 446 g/mol. The molecule has 0 aromatic rings. The van der Waals surface area contributed by atoms with Gasteiger partial charge in [0.1, 0.15) is 0 Å². The molecule has 3 heteroatoms. The van der Waals surface area contributed by atoms with Gasteiger partial charge < -0.3 is 4.74 Å². The Labute approximate surface area is 198 Å². The molecule has 4 saturated carbocycles. The van der Waals surface area contributed by atoms with Crippen molar-refractivity contribution in [3.05, 3.63) is 12.2 Å². The number of esters is 1. The zero-order chi connectivity index (χ0) is 23.0. The van der Waals surface area contributed by atoms with Gasteiger partial charge in [-0.1, -0.05) is 61.5 Å². The minimum atomic E-state index is -0.102. The van der Waals surface area contributed by atoms with Crippen molar-refractivity contribution in [1.82, 2.24) is 0 Å². The van der Waals surface area contributed by atoms with E-state index in [4.69, 9.17) is 4.74 Å². The number of hydrogen-bond donors (Lipinski definition) is 0. The number of allylic oxidation sites excluding steroid dienone is 1. The van der Waals surface area contributed by atoms with Gasteiger partial charge >= 0.3 is 5.97 Å². The molecule has 0 heterocycles. The Kier molecular flexibility index (Phi) is 8.84. The van der Waals surface area contributed by atoms with E-state index in [1.165, 1.54) is 58.5 Å². The highest BCUT2D eigenvalue weighted by molar-refractivity contribution is 5.99. The molecule has 0 amide bonds. The summed E-state index contributed by atoms with van der Waals surface area (Å²) in [5, 5.41) is 0. The number of fused-ring (bicyclic) bond motifs is 5. The first kappa shape index (κ1) is 27.1. The smallest absolute Gasteiger partial charge is 0.305 e. The standard InChI is InChI=1S/C26H40O3.C2H6.CH4/c1-16(9-12-22(27)29-5)18-10-11-20-23-21(13-15-26(18,20)4)25(3)14-7-6-8-19(25)17(2)24(23)28;1-2;/h16,18-21,23H,2,6-15H2,1,3-5H3;1-2H3;1H4/t16-,18?,19?,20?,21?,23?,25?,26?;;/m1../s1. The summed E-state index contributed by atoms with van der Waals surface area (Å²) in [7, 11) is 1.47. The van der Waals surface area contributed by atoms with Crippen molar-refractivity contribution in [2.75, 3.05) is 7.11 Å². The summed E-state index contributed by atoms with van der Waals surface area (Å²) in [6, 6.07) is 0. The number of methoxy groups -OCH3 is 1. The molecule has 0 aromatic heterocycles. The number of carbonyl (C=O) groups excluding carboxylic acids is 2. The molecule has 0 saturated heterocycles. The van der Waals surface area contributed by atoms with Gasteiger partial charge in [0.2, 0.25) is 0 Å². The lowest BCUT2D eigenvalue weighted by atomic mass is 9.43. The van der Waals surface area contributed by atoms with Crippen molar-refractivity contribution >= 4 is 11.8 Å². The Morgan fingerprint density at radius 1 is 1.06 bits per heavy atom. The van der Waals surface area contributed by atoms with Crippen molar-refractivity contribution in [2.45, 2.75) is 106 Å². The maximum absolute atomic E-state index is 13.6. The predicted octanol–water partition coefficient (Wildman–Crippen LogP) is 7.63. The molecule has 184 valence electrons. The Bertz CT molecular complexity index is 697. The van der Waals surface area contributed by atoms with E-state index >= 15 is 0 Å². The molecule has 7 unspecified atom stereocenters. The van der Waals surface area contributed by atoms with Crippen LogP contribution in [0.4, 0.5) is 0 Å². The molecule has 0 bridgehead atoms. The van der Waals surface area contributed by atoms with Crippen LogP contribution >= 0.6 is 0 Å². The van der Waals surface area contributed by atoms with Crippen LogP contribution in [-0.2, 0) is 14.3 Å². The van der Waals surface area contributed by atoms with Gasteiger partial charge in [-0.2, -0.15) is 0 Å². The van der Waals surface area contributed by atoms with Gasteiger partial charge in [0.15, 0.2) is 5.78 Å². The Hall–Kier alpha value is -1.12. The van der Waals surface area contributed by atoms with Gasteiger partial charge in [0.05, 0.1) is 7.11 Å². The summed E-state index contributed by atoms with van der Waals surface area (Å²) in [5.41, 5.74) is 1.47. The summed E-state index contributed by atoms with van der Waals surface area (Å²) < 4.78 is 4.86. The molecule has 4 aliphatic carbocycles. The van der Waals surface area contributed by atoms with Crippen LogP contribution in [0.15, 0.2) is 12.2 Å².